The molecule has 1 fully saturated rings. The number of aliphatic imine (C=N–C) groups is 2. The Morgan fingerprint density at radius 2 is 1.79 bits per heavy atom. The minimum Gasteiger partial charge on any atom is -0.325 e. The maximum Gasteiger partial charge on any atom is 0.234 e. The number of rotatable bonds is 4. The third kappa shape index (κ3) is 4.89. The van der Waals surface area contributed by atoms with Crippen molar-refractivity contribution in [2.24, 2.45) is 9.98 Å². The van der Waals surface area contributed by atoms with Gasteiger partial charge in [-0.1, -0.05) is 53.7 Å². The number of piperidine rings is 1. The lowest BCUT2D eigenvalue weighted by Crippen LogP contribution is -2.39. The topological polar surface area (TPSA) is 57.1 Å². The second-order valence-electron chi connectivity index (χ2n) is 7.37. The van der Waals surface area contributed by atoms with Gasteiger partial charge < -0.3 is 10.2 Å². The highest BCUT2D eigenvalue weighted by Gasteiger charge is 2.39. The average molecular weight is 427 g/mol. The number of nitrogens with one attached hydrogen (secondary N) is 1. The van der Waals surface area contributed by atoms with E-state index < -0.39 is 0 Å². The first-order valence-corrected chi connectivity index (χ1v) is 11.0. The fourth-order valence-corrected chi connectivity index (χ4v) is 4.47. The van der Waals surface area contributed by atoms with Crippen LogP contribution in [-0.4, -0.2) is 53.1 Å². The summed E-state index contributed by atoms with van der Waals surface area (Å²) in [5.74, 6) is 0.209. The number of nitrogens with zero attached hydrogens (tertiary/aromatic N) is 3. The Bertz CT molecular complexity index is 935. The molecule has 2 aromatic carbocycles. The zero-order chi connectivity index (χ0) is 20.3. The van der Waals surface area contributed by atoms with Gasteiger partial charge in [0.2, 0.25) is 5.91 Å². The lowest BCUT2D eigenvalue weighted by molar-refractivity contribution is -0.113. The van der Waals surface area contributed by atoms with E-state index in [0.717, 1.165) is 47.9 Å². The Kier molecular flexibility index (Phi) is 6.04. The van der Waals surface area contributed by atoms with Crippen LogP contribution in [0.15, 0.2) is 64.6 Å². The van der Waals surface area contributed by atoms with Crippen molar-refractivity contribution in [1.82, 2.24) is 4.90 Å². The molecule has 0 atom stereocenters. The first-order chi connectivity index (χ1) is 14.0. The lowest BCUT2D eigenvalue weighted by Gasteiger charge is -2.33. The number of thioether (sulfide) groups is 1. The van der Waals surface area contributed by atoms with Crippen molar-refractivity contribution in [3.8, 4) is 0 Å². The van der Waals surface area contributed by atoms with Crippen LogP contribution >= 0.6 is 23.4 Å². The number of amides is 1. The Balaban J connectivity index is 1.48. The Labute approximate surface area is 180 Å². The number of likely N-dealkylation sites (tertiary alicyclic amines) is 1. The second-order valence-corrected chi connectivity index (χ2v) is 8.77. The van der Waals surface area contributed by atoms with E-state index >= 15 is 0 Å². The predicted octanol–water partition coefficient (Wildman–Crippen LogP) is 4.34. The summed E-state index contributed by atoms with van der Waals surface area (Å²) < 4.78 is 0. The molecule has 0 bridgehead atoms. The van der Waals surface area contributed by atoms with Gasteiger partial charge in [-0.2, -0.15) is 0 Å². The molecule has 1 spiro atoms. The third-order valence-electron chi connectivity index (χ3n) is 5.14. The minimum absolute atomic E-state index is 0.0724. The molecule has 7 heteroatoms. The van der Waals surface area contributed by atoms with Gasteiger partial charge in [0, 0.05) is 42.2 Å². The maximum absolute atomic E-state index is 12.4. The van der Waals surface area contributed by atoms with Crippen LogP contribution in [0.3, 0.4) is 0 Å². The number of anilines is 1. The summed E-state index contributed by atoms with van der Waals surface area (Å²) >= 11 is 7.35. The molecule has 5 nitrogen and oxygen atoms in total. The number of benzene rings is 2. The van der Waals surface area contributed by atoms with E-state index in [1.165, 1.54) is 11.8 Å². The largest absolute Gasteiger partial charge is 0.325 e. The van der Waals surface area contributed by atoms with E-state index in [-0.39, 0.29) is 17.3 Å². The van der Waals surface area contributed by atoms with Gasteiger partial charge in [-0.15, -0.1) is 0 Å². The van der Waals surface area contributed by atoms with Gasteiger partial charge in [0.05, 0.1) is 11.5 Å². The van der Waals surface area contributed by atoms with Gasteiger partial charge in [-0.3, -0.25) is 9.79 Å². The van der Waals surface area contributed by atoms with Crippen molar-refractivity contribution in [3.05, 3.63) is 65.2 Å². The smallest absolute Gasteiger partial charge is 0.234 e. The van der Waals surface area contributed by atoms with E-state index in [1.807, 2.05) is 18.2 Å². The molecule has 29 heavy (non-hydrogen) atoms. The first kappa shape index (κ1) is 20.1. The van der Waals surface area contributed by atoms with Crippen molar-refractivity contribution in [2.45, 2.75) is 18.5 Å². The molecule has 0 aliphatic carbocycles. The molecule has 0 radical (unpaired) electrons. The third-order valence-corrected chi connectivity index (χ3v) is 6.35. The summed E-state index contributed by atoms with van der Waals surface area (Å²) in [6.45, 7) is 1.95. The predicted molar refractivity (Wildman–Crippen MR) is 122 cm³/mol. The van der Waals surface area contributed by atoms with Gasteiger partial charge in [0.1, 0.15) is 5.04 Å². The van der Waals surface area contributed by atoms with Crippen LogP contribution in [0.2, 0.25) is 5.02 Å². The van der Waals surface area contributed by atoms with Gasteiger partial charge in [-0.25, -0.2) is 4.99 Å². The monoisotopic (exact) mass is 426 g/mol. The van der Waals surface area contributed by atoms with Crippen LogP contribution < -0.4 is 5.32 Å². The molecule has 0 unspecified atom stereocenters. The SMILES string of the molecule is CN1CCC2(CC1)N=C(SCC(=O)Nc1ccc(Cl)cc1)C(c1ccccc1)=N2. The molecule has 2 aromatic rings. The normalized spacial score (nSPS) is 18.4. The standard InChI is InChI=1S/C22H23ClN4OS/c1-27-13-11-22(12-14-27)25-20(16-5-3-2-4-6-16)21(26-22)29-15-19(28)24-18-9-7-17(23)8-10-18/h2-10H,11-15H2,1H3,(H,24,28). The summed E-state index contributed by atoms with van der Waals surface area (Å²) in [4.78, 5) is 24.8. The highest BCUT2D eigenvalue weighted by atomic mass is 35.5. The zero-order valence-electron chi connectivity index (χ0n) is 16.3. The molecular formula is C22H23ClN4OS. The van der Waals surface area contributed by atoms with Crippen molar-refractivity contribution in [1.29, 1.82) is 0 Å². The molecule has 0 saturated carbocycles. The summed E-state index contributed by atoms with van der Waals surface area (Å²) in [6, 6.07) is 17.2. The van der Waals surface area contributed by atoms with Gasteiger partial charge in [-0.05, 0) is 31.3 Å². The van der Waals surface area contributed by atoms with Gasteiger partial charge in [0.15, 0.2) is 5.66 Å². The fourth-order valence-electron chi connectivity index (χ4n) is 3.47. The summed E-state index contributed by atoms with van der Waals surface area (Å²) in [7, 11) is 2.13. The van der Waals surface area contributed by atoms with Crippen molar-refractivity contribution < 1.29 is 4.79 Å². The summed E-state index contributed by atoms with van der Waals surface area (Å²) in [6.07, 6.45) is 1.81. The van der Waals surface area contributed by atoms with Crippen molar-refractivity contribution in [3.63, 3.8) is 0 Å². The van der Waals surface area contributed by atoms with E-state index in [0.29, 0.717) is 5.02 Å². The molecule has 1 saturated heterocycles. The Morgan fingerprint density at radius 3 is 2.48 bits per heavy atom. The second kappa shape index (κ2) is 8.69. The van der Waals surface area contributed by atoms with Crippen molar-refractivity contribution >= 4 is 45.7 Å². The molecular weight excluding hydrogens is 404 g/mol. The Hall–Kier alpha value is -2.15. The van der Waals surface area contributed by atoms with Crippen LogP contribution in [0.25, 0.3) is 0 Å². The number of hydrogen-bond acceptors (Lipinski definition) is 5. The highest BCUT2D eigenvalue weighted by Crippen LogP contribution is 2.35. The molecule has 2 heterocycles. The molecule has 150 valence electrons. The number of halogens is 1. The first-order valence-electron chi connectivity index (χ1n) is 9.65. The van der Waals surface area contributed by atoms with Crippen LogP contribution in [0.4, 0.5) is 5.69 Å². The van der Waals surface area contributed by atoms with Crippen LogP contribution in [0.1, 0.15) is 18.4 Å². The number of carbonyl (C=O) groups excluding carboxylic acids is 1. The molecule has 1 amide bonds. The minimum atomic E-state index is -0.382. The lowest BCUT2D eigenvalue weighted by atomic mass is 9.99. The van der Waals surface area contributed by atoms with Gasteiger partial charge >= 0.3 is 0 Å². The summed E-state index contributed by atoms with van der Waals surface area (Å²) in [5.41, 5.74) is 2.30. The quantitative estimate of drug-likeness (QED) is 0.791. The maximum atomic E-state index is 12.4. The van der Waals surface area contributed by atoms with Gasteiger partial charge in [0.25, 0.3) is 0 Å². The number of carbonyl (C=O) groups is 1. The Morgan fingerprint density at radius 1 is 1.10 bits per heavy atom. The van der Waals surface area contributed by atoms with Crippen molar-refractivity contribution in [2.75, 3.05) is 31.2 Å². The van der Waals surface area contributed by atoms with Crippen LogP contribution in [0, 0.1) is 0 Å². The number of hydrogen-bond donors (Lipinski definition) is 1. The van der Waals surface area contributed by atoms with E-state index in [1.54, 1.807) is 24.3 Å². The molecule has 2 aliphatic heterocycles. The van der Waals surface area contributed by atoms with Crippen LogP contribution in [0.5, 0.6) is 0 Å². The average Bonchev–Trinajstić information content (AvgIpc) is 3.10. The molecule has 4 rings (SSSR count). The van der Waals surface area contributed by atoms with E-state index in [2.05, 4.69) is 29.4 Å². The van der Waals surface area contributed by atoms with E-state index in [4.69, 9.17) is 21.6 Å². The van der Waals surface area contributed by atoms with E-state index in [9.17, 15) is 4.79 Å². The fraction of sp³-hybridized carbons (Fsp3) is 0.318. The van der Waals surface area contributed by atoms with Crippen LogP contribution in [-0.2, 0) is 4.79 Å². The molecule has 2 aliphatic rings. The highest BCUT2D eigenvalue weighted by molar-refractivity contribution is 8.16. The molecule has 0 aromatic heterocycles. The molecule has 1 N–H and O–H groups in total. The summed E-state index contributed by atoms with van der Waals surface area (Å²) in [5, 5.41) is 4.40. The zero-order valence-corrected chi connectivity index (χ0v) is 17.8.